The summed E-state index contributed by atoms with van der Waals surface area (Å²) >= 11 is 3.29. The van der Waals surface area contributed by atoms with E-state index in [0.717, 1.165) is 4.47 Å². The molecule has 0 radical (unpaired) electrons. The molecule has 1 aromatic rings. The van der Waals surface area contributed by atoms with E-state index < -0.39 is 0 Å². The Morgan fingerprint density at radius 3 is 2.19 bits per heavy atom. The molecule has 0 aromatic heterocycles. The lowest BCUT2D eigenvalue weighted by Gasteiger charge is -2.05. The number of rotatable bonds is 2. The quantitative estimate of drug-likeness (QED) is 0.839. The smallest absolute Gasteiger partial charge is 0.163 e. The lowest BCUT2D eigenvalue weighted by Crippen LogP contribution is -2.00. The van der Waals surface area contributed by atoms with Crippen molar-refractivity contribution in [1.82, 2.24) is 0 Å². The monoisotopic (exact) mass is 272 g/mol. The largest absolute Gasteiger partial charge is 0.344 e. The van der Waals surface area contributed by atoms with Gasteiger partial charge < -0.3 is 5.32 Å². The van der Waals surface area contributed by atoms with Gasteiger partial charge in [-0.3, -0.25) is 0 Å². The van der Waals surface area contributed by atoms with Gasteiger partial charge in [-0.2, -0.15) is 15.8 Å². The van der Waals surface area contributed by atoms with Gasteiger partial charge in [0.1, 0.15) is 23.9 Å². The predicted octanol–water partition coefficient (Wildman–Crippen LogP) is 2.69. The lowest BCUT2D eigenvalue weighted by atomic mass is 10.2. The van der Waals surface area contributed by atoms with Crippen molar-refractivity contribution in [2.24, 2.45) is 0 Å². The molecule has 1 N–H and O–H groups in total. The van der Waals surface area contributed by atoms with Crippen LogP contribution < -0.4 is 5.32 Å². The summed E-state index contributed by atoms with van der Waals surface area (Å²) < 4.78 is 0.748. The molecule has 5 heteroatoms. The SMILES string of the molecule is N#CC(C#N)=C(C#N)Nc1ccccc1Br. The summed E-state index contributed by atoms with van der Waals surface area (Å²) in [6.07, 6.45) is 0. The number of hydrogen-bond donors (Lipinski definition) is 1. The second-order valence-electron chi connectivity index (χ2n) is 2.69. The third-order valence-corrected chi connectivity index (χ3v) is 2.41. The van der Waals surface area contributed by atoms with E-state index >= 15 is 0 Å². The first-order valence-corrected chi connectivity index (χ1v) is 4.98. The summed E-state index contributed by atoms with van der Waals surface area (Å²) in [4.78, 5) is 0. The van der Waals surface area contributed by atoms with Crippen LogP contribution in [0.1, 0.15) is 0 Å². The topological polar surface area (TPSA) is 83.4 Å². The van der Waals surface area contributed by atoms with Gasteiger partial charge in [-0.1, -0.05) is 12.1 Å². The Kier molecular flexibility index (Phi) is 4.09. The number of hydrogen-bond acceptors (Lipinski definition) is 4. The average molecular weight is 273 g/mol. The summed E-state index contributed by atoms with van der Waals surface area (Å²) in [6.45, 7) is 0. The molecule has 1 rings (SSSR count). The van der Waals surface area contributed by atoms with Gasteiger partial charge in [0, 0.05) is 4.47 Å². The van der Waals surface area contributed by atoms with Gasteiger partial charge in [0.25, 0.3) is 0 Å². The Morgan fingerprint density at radius 2 is 1.69 bits per heavy atom. The van der Waals surface area contributed by atoms with Crippen molar-refractivity contribution in [2.45, 2.75) is 0 Å². The molecule has 0 atom stereocenters. The van der Waals surface area contributed by atoms with Crippen LogP contribution in [0.5, 0.6) is 0 Å². The Balaban J connectivity index is 3.13. The highest BCUT2D eigenvalue weighted by molar-refractivity contribution is 9.10. The number of benzene rings is 1. The zero-order chi connectivity index (χ0) is 12.0. The summed E-state index contributed by atoms with van der Waals surface area (Å²) in [5, 5.41) is 28.8. The minimum Gasteiger partial charge on any atom is -0.344 e. The maximum atomic E-state index is 8.82. The van der Waals surface area contributed by atoms with Gasteiger partial charge in [0.05, 0.1) is 5.69 Å². The van der Waals surface area contributed by atoms with E-state index in [0.29, 0.717) is 5.69 Å². The van der Waals surface area contributed by atoms with E-state index in [1.54, 1.807) is 36.4 Å². The molecular formula is C11H5BrN4. The van der Waals surface area contributed by atoms with E-state index in [1.807, 2.05) is 6.07 Å². The fraction of sp³-hybridized carbons (Fsp3) is 0. The number of nitrogens with one attached hydrogen (secondary N) is 1. The number of halogens is 1. The van der Waals surface area contributed by atoms with Crippen LogP contribution in [0, 0.1) is 34.0 Å². The van der Waals surface area contributed by atoms with Crippen molar-refractivity contribution < 1.29 is 0 Å². The first-order valence-electron chi connectivity index (χ1n) is 4.19. The van der Waals surface area contributed by atoms with E-state index in [4.69, 9.17) is 15.8 Å². The molecule has 0 heterocycles. The molecule has 0 aliphatic carbocycles. The Hall–Kier alpha value is -2.29. The molecule has 0 aliphatic rings. The second-order valence-corrected chi connectivity index (χ2v) is 3.54. The maximum absolute atomic E-state index is 8.82. The average Bonchev–Trinajstić information content (AvgIpc) is 2.31. The van der Waals surface area contributed by atoms with Crippen LogP contribution in [0.4, 0.5) is 5.69 Å². The molecule has 0 aliphatic heterocycles. The molecule has 0 spiro atoms. The first kappa shape index (κ1) is 11.8. The van der Waals surface area contributed by atoms with Gasteiger partial charge in [0.2, 0.25) is 0 Å². The van der Waals surface area contributed by atoms with E-state index in [2.05, 4.69) is 21.2 Å². The number of anilines is 1. The van der Waals surface area contributed by atoms with Crippen molar-refractivity contribution in [3.63, 3.8) is 0 Å². The van der Waals surface area contributed by atoms with Crippen molar-refractivity contribution in [2.75, 3.05) is 5.32 Å². The molecule has 76 valence electrons. The standard InChI is InChI=1S/C11H5BrN4/c12-9-3-1-2-4-10(9)16-11(7-15)8(5-13)6-14/h1-4,16H. The first-order chi connectivity index (χ1) is 7.72. The summed E-state index contributed by atoms with van der Waals surface area (Å²) in [7, 11) is 0. The van der Waals surface area contributed by atoms with Crippen LogP contribution in [0.2, 0.25) is 0 Å². The van der Waals surface area contributed by atoms with E-state index in [9.17, 15) is 0 Å². The number of nitriles is 3. The zero-order valence-electron chi connectivity index (χ0n) is 8.03. The summed E-state index contributed by atoms with van der Waals surface area (Å²) in [5.41, 5.74) is 0.331. The molecule has 0 bridgehead atoms. The maximum Gasteiger partial charge on any atom is 0.163 e. The molecule has 0 amide bonds. The number of allylic oxidation sites excluding steroid dienone is 2. The third kappa shape index (κ3) is 2.60. The zero-order valence-corrected chi connectivity index (χ0v) is 9.62. The molecule has 1 aromatic carbocycles. The van der Waals surface area contributed by atoms with Crippen LogP contribution in [0.3, 0.4) is 0 Å². The highest BCUT2D eigenvalue weighted by atomic mass is 79.9. The van der Waals surface area contributed by atoms with Gasteiger partial charge in [0.15, 0.2) is 5.57 Å². The van der Waals surface area contributed by atoms with Crippen LogP contribution in [-0.2, 0) is 0 Å². The molecule has 0 unspecified atom stereocenters. The van der Waals surface area contributed by atoms with Crippen LogP contribution in [0.25, 0.3) is 0 Å². The highest BCUT2D eigenvalue weighted by Crippen LogP contribution is 2.23. The van der Waals surface area contributed by atoms with Gasteiger partial charge in [-0.15, -0.1) is 0 Å². The normalized spacial score (nSPS) is 8.12. The fourth-order valence-electron chi connectivity index (χ4n) is 0.980. The Morgan fingerprint density at radius 1 is 1.06 bits per heavy atom. The van der Waals surface area contributed by atoms with Crippen LogP contribution in [-0.4, -0.2) is 0 Å². The van der Waals surface area contributed by atoms with Crippen molar-refractivity contribution in [3.05, 3.63) is 40.0 Å². The van der Waals surface area contributed by atoms with Crippen molar-refractivity contribution in [3.8, 4) is 18.2 Å². The lowest BCUT2D eigenvalue weighted by molar-refractivity contribution is 1.37. The molecule has 16 heavy (non-hydrogen) atoms. The molecule has 0 fully saturated rings. The second kappa shape index (κ2) is 5.56. The number of nitrogens with zero attached hydrogens (tertiary/aromatic N) is 3. The predicted molar refractivity (Wildman–Crippen MR) is 61.6 cm³/mol. The van der Waals surface area contributed by atoms with E-state index in [-0.39, 0.29) is 11.3 Å². The molecule has 0 saturated carbocycles. The fourth-order valence-corrected chi connectivity index (χ4v) is 1.36. The van der Waals surface area contributed by atoms with Crippen LogP contribution in [0.15, 0.2) is 40.0 Å². The summed E-state index contributed by atoms with van der Waals surface area (Å²) in [5.74, 6) is 0. The van der Waals surface area contributed by atoms with Gasteiger partial charge in [-0.05, 0) is 28.1 Å². The molecular weight excluding hydrogens is 268 g/mol. The minimum absolute atomic E-state index is 0.0584. The highest BCUT2D eigenvalue weighted by Gasteiger charge is 2.07. The van der Waals surface area contributed by atoms with Crippen LogP contribution >= 0.6 is 15.9 Å². The summed E-state index contributed by atoms with van der Waals surface area (Å²) in [6, 6.07) is 12.2. The van der Waals surface area contributed by atoms with E-state index in [1.165, 1.54) is 0 Å². The Labute approximate surface area is 101 Å². The van der Waals surface area contributed by atoms with Gasteiger partial charge in [-0.25, -0.2) is 0 Å². The van der Waals surface area contributed by atoms with Crippen molar-refractivity contribution >= 4 is 21.6 Å². The van der Waals surface area contributed by atoms with Crippen molar-refractivity contribution in [1.29, 1.82) is 15.8 Å². The molecule has 4 nitrogen and oxygen atoms in total. The Bertz CT molecular complexity index is 539. The van der Waals surface area contributed by atoms with Gasteiger partial charge >= 0.3 is 0 Å². The third-order valence-electron chi connectivity index (χ3n) is 1.72. The minimum atomic E-state index is -0.238. The number of para-hydroxylation sites is 1. The molecule has 0 saturated heterocycles.